The number of thiazole rings is 1. The van der Waals surface area contributed by atoms with E-state index in [9.17, 15) is 19.6 Å². The molecule has 1 aromatic rings. The van der Waals surface area contributed by atoms with Crippen LogP contribution in [0.15, 0.2) is 10.6 Å². The lowest BCUT2D eigenvalue weighted by atomic mass is 9.95. The number of nitrogens with zero attached hydrogens (tertiary/aromatic N) is 3. The topological polar surface area (TPSA) is 99.9 Å². The average Bonchev–Trinajstić information content (AvgIpc) is 3.20. The van der Waals surface area contributed by atoms with Gasteiger partial charge in [0.25, 0.3) is 0 Å². The molecular formula is C21H35N3O4S. The van der Waals surface area contributed by atoms with Crippen molar-refractivity contribution in [3.63, 3.8) is 0 Å². The van der Waals surface area contributed by atoms with Gasteiger partial charge in [0.1, 0.15) is 16.8 Å². The minimum absolute atomic E-state index is 0.0457. The van der Waals surface area contributed by atoms with E-state index in [1.165, 1.54) is 5.38 Å². The first-order valence-electron chi connectivity index (χ1n) is 10.7. The number of aromatic nitrogens is 1. The first kappa shape index (κ1) is 25.4. The Bertz CT molecular complexity index is 648. The molecule has 0 aromatic carbocycles. The largest absolute Gasteiger partial charge is 0.386 e. The van der Waals surface area contributed by atoms with Crippen LogP contribution in [0.5, 0.6) is 0 Å². The molecule has 0 spiro atoms. The summed E-state index contributed by atoms with van der Waals surface area (Å²) in [5.74, 6) is -0.638. The summed E-state index contributed by atoms with van der Waals surface area (Å²) in [4.78, 5) is 40.7. The number of aliphatic hydroxyl groups excluding tert-OH is 1. The molecule has 0 aliphatic carbocycles. The Labute approximate surface area is 177 Å². The second kappa shape index (κ2) is 13.5. The summed E-state index contributed by atoms with van der Waals surface area (Å²) >= 11 is 1.13. The minimum atomic E-state index is -0.938. The monoisotopic (exact) mass is 425 g/mol. The first-order chi connectivity index (χ1) is 13.8. The van der Waals surface area contributed by atoms with Crippen molar-refractivity contribution >= 4 is 23.2 Å². The molecule has 7 nitrogen and oxygen atoms in total. The van der Waals surface area contributed by atoms with Crippen LogP contribution in [-0.4, -0.2) is 39.4 Å². The molecular weight excluding hydrogens is 390 g/mol. The number of aliphatic hydroxyl groups is 1. The molecule has 0 aliphatic heterocycles. The summed E-state index contributed by atoms with van der Waals surface area (Å²) in [6, 6.07) is -0.122. The molecule has 2 atom stereocenters. The fourth-order valence-electron chi connectivity index (χ4n) is 3.33. The Morgan fingerprint density at radius 2 is 1.86 bits per heavy atom. The number of unbranched alkanes of at least 4 members (excludes halogenated alkanes) is 4. The van der Waals surface area contributed by atoms with Crippen molar-refractivity contribution in [2.24, 2.45) is 11.1 Å². The van der Waals surface area contributed by atoms with E-state index in [0.717, 1.165) is 49.9 Å². The molecule has 0 saturated heterocycles. The second-order valence-corrected chi connectivity index (χ2v) is 8.67. The van der Waals surface area contributed by atoms with Gasteiger partial charge < -0.3 is 10.0 Å². The van der Waals surface area contributed by atoms with E-state index in [1.54, 1.807) is 0 Å². The Kier molecular flexibility index (Phi) is 11.8. The van der Waals surface area contributed by atoms with Crippen LogP contribution in [0.25, 0.3) is 0 Å². The highest BCUT2D eigenvalue weighted by Crippen LogP contribution is 2.28. The van der Waals surface area contributed by atoms with Crippen LogP contribution >= 0.6 is 11.3 Å². The van der Waals surface area contributed by atoms with Crippen LogP contribution in [-0.2, 0) is 4.79 Å². The predicted octanol–water partition coefficient (Wildman–Crippen LogP) is 5.10. The molecule has 1 N–H and O–H groups in total. The van der Waals surface area contributed by atoms with Crippen LogP contribution in [0.2, 0.25) is 0 Å². The third-order valence-corrected chi connectivity index (χ3v) is 6.01. The van der Waals surface area contributed by atoms with Gasteiger partial charge in [0.05, 0.1) is 0 Å². The van der Waals surface area contributed by atoms with Crippen molar-refractivity contribution in [2.45, 2.75) is 91.2 Å². The maximum atomic E-state index is 12.9. The summed E-state index contributed by atoms with van der Waals surface area (Å²) in [6.45, 7) is 9.02. The zero-order chi connectivity index (χ0) is 21.8. The van der Waals surface area contributed by atoms with Gasteiger partial charge in [0.15, 0.2) is 0 Å². The van der Waals surface area contributed by atoms with Crippen molar-refractivity contribution < 1.29 is 14.7 Å². The molecule has 0 bridgehead atoms. The van der Waals surface area contributed by atoms with Crippen molar-refractivity contribution in [1.29, 1.82) is 0 Å². The minimum Gasteiger partial charge on any atom is -0.386 e. The smallest absolute Gasteiger partial charge is 0.335 e. The molecule has 1 rings (SSSR count). The highest BCUT2D eigenvalue weighted by Gasteiger charge is 2.29. The molecule has 0 aliphatic rings. The number of carbonyl (C=O) groups excluding carboxylic acids is 2. The van der Waals surface area contributed by atoms with Gasteiger partial charge in [0.2, 0.25) is 5.91 Å². The van der Waals surface area contributed by atoms with E-state index in [2.05, 4.69) is 37.9 Å². The summed E-state index contributed by atoms with van der Waals surface area (Å²) in [5, 5.41) is 14.9. The average molecular weight is 426 g/mol. The molecule has 29 heavy (non-hydrogen) atoms. The fourth-order valence-corrected chi connectivity index (χ4v) is 4.12. The lowest BCUT2D eigenvalue weighted by Crippen LogP contribution is -2.44. The van der Waals surface area contributed by atoms with Crippen LogP contribution in [0.4, 0.5) is 0 Å². The van der Waals surface area contributed by atoms with Crippen molar-refractivity contribution in [3.05, 3.63) is 21.0 Å². The van der Waals surface area contributed by atoms with E-state index in [-0.39, 0.29) is 23.6 Å². The molecule has 8 heteroatoms. The summed E-state index contributed by atoms with van der Waals surface area (Å²) in [7, 11) is 0. The van der Waals surface area contributed by atoms with Crippen molar-refractivity contribution in [2.75, 3.05) is 6.54 Å². The van der Waals surface area contributed by atoms with Crippen LogP contribution in [0, 0.1) is 10.8 Å². The zero-order valence-corrected chi connectivity index (χ0v) is 18.9. The summed E-state index contributed by atoms with van der Waals surface area (Å²) in [6.07, 6.45) is 6.09. The first-order valence-corrected chi connectivity index (χ1v) is 11.5. The molecule has 1 aromatic heterocycles. The van der Waals surface area contributed by atoms with E-state index in [1.807, 2.05) is 4.90 Å². The van der Waals surface area contributed by atoms with Crippen LogP contribution < -0.4 is 0 Å². The normalized spacial score (nSPS) is 13.3. The van der Waals surface area contributed by atoms with E-state index >= 15 is 0 Å². The summed E-state index contributed by atoms with van der Waals surface area (Å²) in [5.41, 5.74) is -0.0457. The Balaban J connectivity index is 2.93. The van der Waals surface area contributed by atoms with Gasteiger partial charge in [0, 0.05) is 36.0 Å². The van der Waals surface area contributed by atoms with E-state index in [4.69, 9.17) is 0 Å². The van der Waals surface area contributed by atoms with Crippen LogP contribution in [0.3, 0.4) is 0 Å². The van der Waals surface area contributed by atoms with Gasteiger partial charge in [-0.05, 0) is 18.8 Å². The maximum Gasteiger partial charge on any atom is 0.335 e. The van der Waals surface area contributed by atoms with Gasteiger partial charge in [-0.1, -0.05) is 53.4 Å². The highest BCUT2D eigenvalue weighted by atomic mass is 32.1. The number of rotatable bonds is 14. The molecule has 2 unspecified atom stereocenters. The van der Waals surface area contributed by atoms with Gasteiger partial charge >= 0.3 is 5.91 Å². The van der Waals surface area contributed by atoms with Crippen molar-refractivity contribution in [1.82, 2.24) is 9.88 Å². The number of hydrogen-bond acceptors (Lipinski definition) is 6. The Hall–Kier alpha value is -1.67. The van der Waals surface area contributed by atoms with Gasteiger partial charge in [-0.25, -0.2) is 4.98 Å². The highest BCUT2D eigenvalue weighted by molar-refractivity contribution is 7.09. The maximum absolute atomic E-state index is 12.9. The van der Waals surface area contributed by atoms with Gasteiger partial charge in [-0.2, -0.15) is 0 Å². The van der Waals surface area contributed by atoms with Gasteiger partial charge in [-0.15, -0.1) is 16.2 Å². The van der Waals surface area contributed by atoms with E-state index in [0.29, 0.717) is 24.4 Å². The Morgan fingerprint density at radius 3 is 2.45 bits per heavy atom. The fraction of sp³-hybridized carbons (Fsp3) is 0.762. The third-order valence-electron chi connectivity index (χ3n) is 5.06. The van der Waals surface area contributed by atoms with Gasteiger partial charge in [-0.3, -0.25) is 9.59 Å². The Morgan fingerprint density at radius 1 is 1.17 bits per heavy atom. The molecule has 2 amide bonds. The van der Waals surface area contributed by atoms with Crippen LogP contribution in [0.1, 0.15) is 101 Å². The molecule has 0 radical (unpaired) electrons. The summed E-state index contributed by atoms with van der Waals surface area (Å²) < 4.78 is 0. The predicted molar refractivity (Wildman–Crippen MR) is 116 cm³/mol. The molecule has 0 fully saturated rings. The third kappa shape index (κ3) is 8.30. The number of amides is 2. The molecule has 164 valence electrons. The molecule has 1 heterocycles. The van der Waals surface area contributed by atoms with E-state index < -0.39 is 12.0 Å². The quantitative estimate of drug-likeness (QED) is 0.330. The number of hydrogen-bond donors (Lipinski definition) is 1. The lowest BCUT2D eigenvalue weighted by molar-refractivity contribution is -0.135. The number of carbonyl (C=O) groups is 2. The second-order valence-electron chi connectivity index (χ2n) is 7.78. The van der Waals surface area contributed by atoms with Crippen molar-refractivity contribution in [3.8, 4) is 0 Å². The SMILES string of the molecule is CCCCCCN(C(=O)CCCC)C(CC(O)c1nc(C(=O)N=O)cs1)C(C)C. The number of nitroso groups, excluding NO2 is 1. The standard InChI is InChI=1S/C21H35N3O4S/c1-5-7-9-10-12-24(19(26)11-8-6-2)17(15(3)4)13-18(25)21-22-16(14-29-21)20(27)23-28/h14-15,17-18,25H,5-13H2,1-4H3. The molecule has 0 saturated carbocycles. The lowest BCUT2D eigenvalue weighted by Gasteiger charge is -2.36. The zero-order valence-electron chi connectivity index (χ0n) is 18.1.